The molecule has 6 heteroatoms. The van der Waals surface area contributed by atoms with Crippen LogP contribution < -0.4 is 5.56 Å². The molecule has 0 saturated carbocycles. The van der Waals surface area contributed by atoms with Gasteiger partial charge in [-0.25, -0.2) is 0 Å². The Hall–Kier alpha value is -2.11. The van der Waals surface area contributed by atoms with E-state index in [2.05, 4.69) is 17.0 Å². The van der Waals surface area contributed by atoms with Crippen molar-refractivity contribution in [1.29, 1.82) is 0 Å². The molecule has 0 aliphatic carbocycles. The molecule has 1 atom stereocenters. The van der Waals surface area contributed by atoms with Crippen molar-refractivity contribution in [1.82, 2.24) is 14.4 Å². The first-order valence-electron chi connectivity index (χ1n) is 9.81. The fraction of sp³-hybridized carbons (Fsp3) is 0.455. The normalized spacial score (nSPS) is 17.5. The lowest BCUT2D eigenvalue weighted by Gasteiger charge is -2.34. The van der Waals surface area contributed by atoms with Crippen LogP contribution in [0.15, 0.2) is 47.4 Å². The Morgan fingerprint density at radius 1 is 1.21 bits per heavy atom. The van der Waals surface area contributed by atoms with Crippen molar-refractivity contribution in [2.75, 3.05) is 33.2 Å². The van der Waals surface area contributed by atoms with Crippen molar-refractivity contribution in [2.24, 2.45) is 13.0 Å². The van der Waals surface area contributed by atoms with Gasteiger partial charge in [-0.3, -0.25) is 9.59 Å². The van der Waals surface area contributed by atoms with Crippen molar-refractivity contribution < 1.29 is 4.79 Å². The van der Waals surface area contributed by atoms with Gasteiger partial charge in [-0.15, -0.1) is 0 Å². The van der Waals surface area contributed by atoms with E-state index in [0.717, 1.165) is 50.5 Å². The predicted octanol–water partition coefficient (Wildman–Crippen LogP) is 3.07. The molecule has 0 radical (unpaired) electrons. The highest BCUT2D eigenvalue weighted by Gasteiger charge is 2.23. The summed E-state index contributed by atoms with van der Waals surface area (Å²) in [6.45, 7) is 3.89. The van der Waals surface area contributed by atoms with Gasteiger partial charge in [0.1, 0.15) is 0 Å². The fourth-order valence-electron chi connectivity index (χ4n) is 3.85. The van der Waals surface area contributed by atoms with Gasteiger partial charge in [0.25, 0.3) is 5.91 Å². The second-order valence-electron chi connectivity index (χ2n) is 7.74. The minimum Gasteiger partial charge on any atom is -0.341 e. The molecule has 150 valence electrons. The molecule has 2 heterocycles. The van der Waals surface area contributed by atoms with E-state index in [0.29, 0.717) is 11.5 Å². The number of piperidine rings is 1. The van der Waals surface area contributed by atoms with Gasteiger partial charge in [0.15, 0.2) is 0 Å². The molecule has 5 nitrogen and oxygen atoms in total. The van der Waals surface area contributed by atoms with Gasteiger partial charge in [0, 0.05) is 51.0 Å². The smallest absolute Gasteiger partial charge is 0.255 e. The Kier molecular flexibility index (Phi) is 6.92. The lowest BCUT2D eigenvalue weighted by Crippen LogP contribution is -2.42. The molecule has 1 fully saturated rings. The van der Waals surface area contributed by atoms with E-state index in [4.69, 9.17) is 11.6 Å². The molecule has 1 aliphatic rings. The summed E-state index contributed by atoms with van der Waals surface area (Å²) in [5.74, 6) is 0.439. The van der Waals surface area contributed by atoms with Gasteiger partial charge in [0.2, 0.25) is 5.56 Å². The van der Waals surface area contributed by atoms with Crippen molar-refractivity contribution in [3.05, 3.63) is 69.1 Å². The maximum atomic E-state index is 12.7. The summed E-state index contributed by atoms with van der Waals surface area (Å²) >= 11 is 5.95. The minimum absolute atomic E-state index is 0.0334. The average molecular weight is 402 g/mol. The Labute approximate surface area is 171 Å². The van der Waals surface area contributed by atoms with Gasteiger partial charge >= 0.3 is 0 Å². The number of nitrogens with zero attached hydrogens (tertiary/aromatic N) is 3. The molecule has 1 amide bonds. The summed E-state index contributed by atoms with van der Waals surface area (Å²) < 4.78 is 1.44. The van der Waals surface area contributed by atoms with Crippen LogP contribution in [-0.2, 0) is 13.5 Å². The van der Waals surface area contributed by atoms with Gasteiger partial charge in [0.05, 0.1) is 5.56 Å². The third-order valence-corrected chi connectivity index (χ3v) is 5.70. The van der Waals surface area contributed by atoms with Crippen LogP contribution in [0.4, 0.5) is 0 Å². The number of amides is 1. The van der Waals surface area contributed by atoms with Crippen molar-refractivity contribution >= 4 is 17.5 Å². The van der Waals surface area contributed by atoms with E-state index in [1.54, 1.807) is 24.2 Å². The molecule has 1 aromatic heterocycles. The highest BCUT2D eigenvalue weighted by Crippen LogP contribution is 2.19. The van der Waals surface area contributed by atoms with E-state index in [-0.39, 0.29) is 11.5 Å². The van der Waals surface area contributed by atoms with Gasteiger partial charge in [-0.2, -0.15) is 0 Å². The summed E-state index contributed by atoms with van der Waals surface area (Å²) in [7, 11) is 3.51. The number of hydrogen-bond acceptors (Lipinski definition) is 3. The van der Waals surface area contributed by atoms with E-state index < -0.39 is 0 Å². The molecule has 0 bridgehead atoms. The molecule has 28 heavy (non-hydrogen) atoms. The summed E-state index contributed by atoms with van der Waals surface area (Å²) in [4.78, 5) is 28.5. The number of aromatic nitrogens is 1. The maximum absolute atomic E-state index is 12.7. The monoisotopic (exact) mass is 401 g/mol. The average Bonchev–Trinajstić information content (AvgIpc) is 2.69. The fourth-order valence-corrected chi connectivity index (χ4v) is 3.98. The van der Waals surface area contributed by atoms with E-state index in [1.807, 2.05) is 19.2 Å². The lowest BCUT2D eigenvalue weighted by atomic mass is 9.97. The minimum atomic E-state index is -0.109. The number of pyridine rings is 1. The molecule has 1 saturated heterocycles. The zero-order valence-electron chi connectivity index (χ0n) is 16.6. The van der Waals surface area contributed by atoms with Gasteiger partial charge in [-0.05, 0) is 55.5 Å². The second-order valence-corrected chi connectivity index (χ2v) is 8.17. The number of carbonyl (C=O) groups is 1. The first-order valence-corrected chi connectivity index (χ1v) is 10.2. The lowest BCUT2D eigenvalue weighted by molar-refractivity contribution is 0.0729. The Bertz CT molecular complexity index is 863. The summed E-state index contributed by atoms with van der Waals surface area (Å²) in [5.41, 5.74) is 1.75. The third kappa shape index (κ3) is 5.46. The van der Waals surface area contributed by atoms with Gasteiger partial charge in [-0.1, -0.05) is 23.7 Å². The second kappa shape index (κ2) is 9.39. The number of hydrogen-bond donors (Lipinski definition) is 0. The molecule has 1 aliphatic heterocycles. The van der Waals surface area contributed by atoms with Crippen LogP contribution in [0.3, 0.4) is 0 Å². The van der Waals surface area contributed by atoms with Crippen molar-refractivity contribution in [2.45, 2.75) is 19.3 Å². The van der Waals surface area contributed by atoms with Crippen molar-refractivity contribution in [3.8, 4) is 0 Å². The highest BCUT2D eigenvalue weighted by atomic mass is 35.5. The van der Waals surface area contributed by atoms with Crippen LogP contribution in [0.1, 0.15) is 28.8 Å². The number of halogens is 1. The number of carbonyl (C=O) groups excluding carboxylic acids is 1. The topological polar surface area (TPSA) is 45.6 Å². The van der Waals surface area contributed by atoms with Crippen LogP contribution in [-0.4, -0.2) is 53.5 Å². The molecular formula is C22H28ClN3O2. The van der Waals surface area contributed by atoms with Crippen LogP contribution in [0, 0.1) is 5.92 Å². The zero-order chi connectivity index (χ0) is 20.1. The third-order valence-electron chi connectivity index (χ3n) is 5.44. The van der Waals surface area contributed by atoms with Crippen LogP contribution >= 0.6 is 11.6 Å². The summed E-state index contributed by atoms with van der Waals surface area (Å²) in [6, 6.07) is 11.1. The standard InChI is InChI=1S/C22H28ClN3O2/c1-24-16-19(7-10-21(24)27)22(28)25(2)14-18-4-3-12-26(15-18)13-11-17-5-8-20(23)9-6-17/h5-10,16,18H,3-4,11-15H2,1-2H3. The molecule has 0 N–H and O–H groups in total. The van der Waals surface area contributed by atoms with E-state index in [9.17, 15) is 9.59 Å². The Morgan fingerprint density at radius 3 is 2.68 bits per heavy atom. The van der Waals surface area contributed by atoms with Crippen LogP contribution in [0.5, 0.6) is 0 Å². The first-order chi connectivity index (χ1) is 13.4. The number of likely N-dealkylation sites (tertiary alicyclic amines) is 1. The largest absolute Gasteiger partial charge is 0.341 e. The summed E-state index contributed by atoms with van der Waals surface area (Å²) in [5, 5.41) is 0.771. The number of benzene rings is 1. The molecule has 2 aromatic rings. The molecule has 3 rings (SSSR count). The quantitative estimate of drug-likeness (QED) is 0.747. The SMILES string of the molecule is CN(CC1CCCN(CCc2ccc(Cl)cc2)C1)C(=O)c1ccc(=O)n(C)c1. The maximum Gasteiger partial charge on any atom is 0.255 e. The Morgan fingerprint density at radius 2 is 1.96 bits per heavy atom. The highest BCUT2D eigenvalue weighted by molar-refractivity contribution is 6.30. The molecule has 0 spiro atoms. The molecular weight excluding hydrogens is 374 g/mol. The number of aryl methyl sites for hydroxylation is 1. The Balaban J connectivity index is 1.52. The molecule has 1 aromatic carbocycles. The molecule has 1 unspecified atom stereocenters. The summed E-state index contributed by atoms with van der Waals surface area (Å²) in [6.07, 6.45) is 4.92. The van der Waals surface area contributed by atoms with Gasteiger partial charge < -0.3 is 14.4 Å². The van der Waals surface area contributed by atoms with E-state index in [1.165, 1.54) is 16.2 Å². The van der Waals surface area contributed by atoms with Crippen molar-refractivity contribution in [3.63, 3.8) is 0 Å². The first kappa shape index (κ1) is 20.6. The van der Waals surface area contributed by atoms with Crippen LogP contribution in [0.25, 0.3) is 0 Å². The predicted molar refractivity (Wildman–Crippen MR) is 113 cm³/mol. The van der Waals surface area contributed by atoms with Crippen LogP contribution in [0.2, 0.25) is 5.02 Å². The number of rotatable bonds is 6. The van der Waals surface area contributed by atoms with E-state index >= 15 is 0 Å². The zero-order valence-corrected chi connectivity index (χ0v) is 17.4.